The molecule has 5 atom stereocenters. The molecule has 4 rings (SSSR count). The molecule has 2 aromatic rings. The van der Waals surface area contributed by atoms with Crippen LogP contribution in [0.2, 0.25) is 0 Å². The molecule has 2 fully saturated rings. The van der Waals surface area contributed by atoms with Crippen molar-refractivity contribution in [1.82, 2.24) is 4.90 Å². The first kappa shape index (κ1) is 25.6. The summed E-state index contributed by atoms with van der Waals surface area (Å²) >= 11 is 0. The van der Waals surface area contributed by atoms with Gasteiger partial charge in [-0.1, -0.05) is 12.1 Å². The standard InChI is InChI=1S/C26H29F5N2O2/c1-15(18-11-19(26(29,30)31)13-21(28)12-18)35-23-9-6-17(14-33-10-2-3-22(33)25(32)34)24(23)16-4-7-20(27)8-5-16/h4-5,7-8,11-13,15,17,22-24H,2-3,6,9-10,14H2,1H3,(H2,32,34)/t15-,17-,22+,23+,24-/m1/s1. The molecule has 4 nitrogen and oxygen atoms in total. The number of halogens is 5. The highest BCUT2D eigenvalue weighted by Crippen LogP contribution is 2.45. The maximum Gasteiger partial charge on any atom is 0.416 e. The van der Waals surface area contributed by atoms with Crippen LogP contribution in [0.3, 0.4) is 0 Å². The van der Waals surface area contributed by atoms with Gasteiger partial charge in [-0.3, -0.25) is 9.69 Å². The van der Waals surface area contributed by atoms with Gasteiger partial charge < -0.3 is 10.5 Å². The number of amides is 1. The molecule has 1 aliphatic carbocycles. The minimum absolute atomic E-state index is 0.0795. The number of nitrogens with zero attached hydrogens (tertiary/aromatic N) is 1. The van der Waals surface area contributed by atoms with Gasteiger partial charge in [0, 0.05) is 12.5 Å². The monoisotopic (exact) mass is 496 g/mol. The average molecular weight is 497 g/mol. The van der Waals surface area contributed by atoms with Crippen LogP contribution in [0.25, 0.3) is 0 Å². The average Bonchev–Trinajstić information content (AvgIpc) is 3.41. The van der Waals surface area contributed by atoms with Crippen molar-refractivity contribution in [2.45, 2.75) is 63.0 Å². The predicted octanol–water partition coefficient (Wildman–Crippen LogP) is 5.57. The van der Waals surface area contributed by atoms with Gasteiger partial charge in [0.15, 0.2) is 0 Å². The van der Waals surface area contributed by atoms with Gasteiger partial charge >= 0.3 is 6.18 Å². The van der Waals surface area contributed by atoms with Gasteiger partial charge in [0.25, 0.3) is 0 Å². The highest BCUT2D eigenvalue weighted by molar-refractivity contribution is 5.80. The second-order valence-corrected chi connectivity index (χ2v) is 9.56. The van der Waals surface area contributed by atoms with Crippen LogP contribution in [-0.2, 0) is 15.7 Å². The van der Waals surface area contributed by atoms with Crippen molar-refractivity contribution in [2.24, 2.45) is 11.7 Å². The Hall–Kier alpha value is -2.52. The lowest BCUT2D eigenvalue weighted by molar-refractivity contribution is -0.138. The summed E-state index contributed by atoms with van der Waals surface area (Å²) in [4.78, 5) is 14.0. The number of rotatable bonds is 7. The zero-order chi connectivity index (χ0) is 25.3. The van der Waals surface area contributed by atoms with Crippen molar-refractivity contribution in [3.63, 3.8) is 0 Å². The van der Waals surface area contributed by atoms with Crippen molar-refractivity contribution in [3.05, 3.63) is 70.8 Å². The Bertz CT molecular complexity index is 1040. The van der Waals surface area contributed by atoms with E-state index in [9.17, 15) is 26.7 Å². The fourth-order valence-electron chi connectivity index (χ4n) is 5.59. The molecule has 35 heavy (non-hydrogen) atoms. The fraction of sp³-hybridized carbons (Fsp3) is 0.500. The van der Waals surface area contributed by atoms with Gasteiger partial charge in [-0.25, -0.2) is 8.78 Å². The normalized spacial score (nSPS) is 26.2. The van der Waals surface area contributed by atoms with Crippen LogP contribution in [0, 0.1) is 17.6 Å². The highest BCUT2D eigenvalue weighted by Gasteiger charge is 2.42. The summed E-state index contributed by atoms with van der Waals surface area (Å²) < 4.78 is 73.4. The molecule has 0 radical (unpaired) electrons. The SMILES string of the molecule is C[C@@H](O[C@H]1CC[C@H](CN2CCC[C@H]2C(N)=O)[C@H]1c1ccc(F)cc1)c1cc(F)cc(C(F)(F)F)c1. The molecule has 1 heterocycles. The van der Waals surface area contributed by atoms with Gasteiger partial charge in [0.1, 0.15) is 11.6 Å². The van der Waals surface area contributed by atoms with Crippen LogP contribution in [0.15, 0.2) is 42.5 Å². The number of primary amides is 1. The lowest BCUT2D eigenvalue weighted by atomic mass is 9.86. The molecule has 1 saturated carbocycles. The quantitative estimate of drug-likeness (QED) is 0.510. The summed E-state index contributed by atoms with van der Waals surface area (Å²) in [5, 5.41) is 0. The van der Waals surface area contributed by atoms with E-state index in [1.54, 1.807) is 19.1 Å². The Morgan fingerprint density at radius 3 is 2.46 bits per heavy atom. The minimum atomic E-state index is -4.67. The summed E-state index contributed by atoms with van der Waals surface area (Å²) in [6, 6.07) is 8.24. The van der Waals surface area contributed by atoms with Crippen LogP contribution in [0.5, 0.6) is 0 Å². The molecule has 0 spiro atoms. The molecule has 0 bridgehead atoms. The van der Waals surface area contributed by atoms with Crippen molar-refractivity contribution in [1.29, 1.82) is 0 Å². The third kappa shape index (κ3) is 5.83. The zero-order valence-electron chi connectivity index (χ0n) is 19.4. The third-order valence-electron chi connectivity index (χ3n) is 7.24. The molecule has 9 heteroatoms. The van der Waals surface area contributed by atoms with E-state index in [1.807, 2.05) is 0 Å². The molecule has 190 valence electrons. The maximum absolute atomic E-state index is 14.0. The number of ether oxygens (including phenoxy) is 1. The summed E-state index contributed by atoms with van der Waals surface area (Å²) in [5.74, 6) is -1.79. The second-order valence-electron chi connectivity index (χ2n) is 9.56. The van der Waals surface area contributed by atoms with E-state index in [1.165, 1.54) is 12.1 Å². The fourth-order valence-corrected chi connectivity index (χ4v) is 5.59. The smallest absolute Gasteiger partial charge is 0.370 e. The lowest BCUT2D eigenvalue weighted by Gasteiger charge is -2.32. The number of carbonyl (C=O) groups is 1. The Balaban J connectivity index is 1.57. The first-order chi connectivity index (χ1) is 16.5. The van der Waals surface area contributed by atoms with E-state index in [0.717, 1.165) is 37.1 Å². The molecule has 2 aromatic carbocycles. The van der Waals surface area contributed by atoms with Crippen LogP contribution in [-0.4, -0.2) is 36.0 Å². The van der Waals surface area contributed by atoms with Crippen molar-refractivity contribution < 1.29 is 31.5 Å². The van der Waals surface area contributed by atoms with Crippen molar-refractivity contribution in [2.75, 3.05) is 13.1 Å². The van der Waals surface area contributed by atoms with Crippen LogP contribution in [0.4, 0.5) is 22.0 Å². The molecule has 0 aromatic heterocycles. The molecule has 1 amide bonds. The molecule has 0 unspecified atom stereocenters. The molecular formula is C26H29F5N2O2. The summed E-state index contributed by atoms with van der Waals surface area (Å²) in [6.45, 7) is 2.97. The van der Waals surface area contributed by atoms with E-state index < -0.39 is 23.7 Å². The van der Waals surface area contributed by atoms with Gasteiger partial charge in [-0.05, 0) is 86.5 Å². The molecule has 2 aliphatic rings. The van der Waals surface area contributed by atoms with Crippen LogP contribution < -0.4 is 5.73 Å². The predicted molar refractivity (Wildman–Crippen MR) is 120 cm³/mol. The number of nitrogens with two attached hydrogens (primary N) is 1. The highest BCUT2D eigenvalue weighted by atomic mass is 19.4. The van der Waals surface area contributed by atoms with Crippen molar-refractivity contribution >= 4 is 5.91 Å². The molecule has 1 aliphatic heterocycles. The van der Waals surface area contributed by atoms with Gasteiger partial charge in [0.2, 0.25) is 5.91 Å². The van der Waals surface area contributed by atoms with Gasteiger partial charge in [-0.15, -0.1) is 0 Å². The van der Waals surface area contributed by atoms with Crippen molar-refractivity contribution in [3.8, 4) is 0 Å². The van der Waals surface area contributed by atoms with E-state index in [4.69, 9.17) is 10.5 Å². The van der Waals surface area contributed by atoms with Crippen LogP contribution >= 0.6 is 0 Å². The molecule has 2 N–H and O–H groups in total. The number of hydrogen-bond acceptors (Lipinski definition) is 3. The number of benzene rings is 2. The van der Waals surface area contributed by atoms with E-state index in [0.29, 0.717) is 25.5 Å². The Morgan fingerprint density at radius 2 is 1.80 bits per heavy atom. The van der Waals surface area contributed by atoms with E-state index in [2.05, 4.69) is 4.90 Å². The minimum Gasteiger partial charge on any atom is -0.370 e. The topological polar surface area (TPSA) is 55.6 Å². The number of hydrogen-bond donors (Lipinski definition) is 1. The third-order valence-corrected chi connectivity index (χ3v) is 7.24. The number of carbonyl (C=O) groups excluding carboxylic acids is 1. The Morgan fingerprint density at radius 1 is 1.09 bits per heavy atom. The zero-order valence-corrected chi connectivity index (χ0v) is 19.4. The first-order valence-electron chi connectivity index (χ1n) is 11.8. The number of alkyl halides is 3. The first-order valence-corrected chi connectivity index (χ1v) is 11.8. The summed E-state index contributed by atoms with van der Waals surface area (Å²) in [6.07, 6.45) is -2.85. The Kier molecular flexibility index (Phi) is 7.47. The van der Waals surface area contributed by atoms with E-state index >= 15 is 0 Å². The summed E-state index contributed by atoms with van der Waals surface area (Å²) in [7, 11) is 0. The lowest BCUT2D eigenvalue weighted by Crippen LogP contribution is -2.43. The van der Waals surface area contributed by atoms with Gasteiger partial charge in [-0.2, -0.15) is 13.2 Å². The van der Waals surface area contributed by atoms with Gasteiger partial charge in [0.05, 0.1) is 23.8 Å². The van der Waals surface area contributed by atoms with Crippen LogP contribution in [0.1, 0.15) is 61.3 Å². The summed E-state index contributed by atoms with van der Waals surface area (Å²) in [5.41, 5.74) is 5.48. The molecular weight excluding hydrogens is 467 g/mol. The Labute approximate surface area is 201 Å². The van der Waals surface area contributed by atoms with E-state index in [-0.39, 0.29) is 41.3 Å². The maximum atomic E-state index is 14.0. The molecule has 1 saturated heterocycles. The second kappa shape index (κ2) is 10.2. The number of likely N-dealkylation sites (tertiary alicyclic amines) is 1. The largest absolute Gasteiger partial charge is 0.416 e.